The smallest absolute Gasteiger partial charge is 0.270 e. The second-order valence-corrected chi connectivity index (χ2v) is 8.84. The van der Waals surface area contributed by atoms with E-state index in [1.54, 1.807) is 6.20 Å². The summed E-state index contributed by atoms with van der Waals surface area (Å²) in [6.45, 7) is 5.35. The van der Waals surface area contributed by atoms with Gasteiger partial charge in [-0.05, 0) is 31.4 Å². The van der Waals surface area contributed by atoms with Crippen molar-refractivity contribution in [2.75, 3.05) is 49.1 Å². The number of hydrogen-bond acceptors (Lipinski definition) is 6. The van der Waals surface area contributed by atoms with Gasteiger partial charge in [-0.15, -0.1) is 0 Å². The summed E-state index contributed by atoms with van der Waals surface area (Å²) in [5.74, 6) is 3.81. The topological polar surface area (TPSA) is 61.6 Å². The standard InChI is InChI=1S/C19H24N4O2S/c24-19(21-15-7-13-1-2-22(11-13)12-15)16-8-14-9-18(25-17(14)10-20-16)23-3-5-26-6-4-23/h8-10,13,15H,1-7,11-12H2,(H,21,24). The van der Waals surface area contributed by atoms with Crippen LogP contribution in [0.1, 0.15) is 23.3 Å². The van der Waals surface area contributed by atoms with Gasteiger partial charge in [0.1, 0.15) is 5.69 Å². The highest BCUT2D eigenvalue weighted by Gasteiger charge is 2.33. The summed E-state index contributed by atoms with van der Waals surface area (Å²) in [5, 5.41) is 4.13. The molecule has 6 nitrogen and oxygen atoms in total. The number of carbonyl (C=O) groups is 1. The van der Waals surface area contributed by atoms with E-state index in [1.807, 2.05) is 23.9 Å². The van der Waals surface area contributed by atoms with Crippen molar-refractivity contribution >= 4 is 34.5 Å². The van der Waals surface area contributed by atoms with E-state index in [9.17, 15) is 4.79 Å². The minimum Gasteiger partial charge on any atom is -0.439 e. The van der Waals surface area contributed by atoms with Crippen molar-refractivity contribution in [3.63, 3.8) is 0 Å². The summed E-state index contributed by atoms with van der Waals surface area (Å²) < 4.78 is 5.94. The second-order valence-electron chi connectivity index (χ2n) is 7.61. The molecule has 3 fully saturated rings. The van der Waals surface area contributed by atoms with Gasteiger partial charge in [-0.1, -0.05) is 0 Å². The molecule has 2 aromatic heterocycles. The Hall–Kier alpha value is -1.73. The summed E-state index contributed by atoms with van der Waals surface area (Å²) in [6, 6.07) is 4.14. The molecule has 26 heavy (non-hydrogen) atoms. The number of aromatic nitrogens is 1. The normalized spacial score (nSPS) is 28.5. The molecule has 0 saturated carbocycles. The zero-order valence-electron chi connectivity index (χ0n) is 14.8. The third-order valence-corrected chi connectivity index (χ3v) is 6.69. The second kappa shape index (κ2) is 6.78. The number of carbonyl (C=O) groups excluding carboxylic acids is 1. The highest BCUT2D eigenvalue weighted by Crippen LogP contribution is 2.29. The van der Waals surface area contributed by atoms with Crippen molar-refractivity contribution in [1.29, 1.82) is 0 Å². The molecule has 7 heteroatoms. The zero-order chi connectivity index (χ0) is 17.5. The van der Waals surface area contributed by atoms with Crippen molar-refractivity contribution in [2.45, 2.75) is 18.9 Å². The van der Waals surface area contributed by atoms with Crippen LogP contribution in [0.3, 0.4) is 0 Å². The molecule has 2 bridgehead atoms. The van der Waals surface area contributed by atoms with Crippen LogP contribution in [0.15, 0.2) is 22.7 Å². The maximum atomic E-state index is 12.7. The molecule has 138 valence electrons. The van der Waals surface area contributed by atoms with Gasteiger partial charge in [0.15, 0.2) is 11.5 Å². The van der Waals surface area contributed by atoms with Crippen molar-refractivity contribution in [1.82, 2.24) is 15.2 Å². The van der Waals surface area contributed by atoms with Crippen molar-refractivity contribution in [3.8, 4) is 0 Å². The number of nitrogens with zero attached hydrogens (tertiary/aromatic N) is 3. The number of pyridine rings is 1. The number of furan rings is 1. The Morgan fingerprint density at radius 2 is 2.12 bits per heavy atom. The molecule has 2 aromatic rings. The molecule has 0 aromatic carbocycles. The van der Waals surface area contributed by atoms with Crippen LogP contribution in [0.2, 0.25) is 0 Å². The van der Waals surface area contributed by atoms with Crippen molar-refractivity contribution < 1.29 is 9.21 Å². The van der Waals surface area contributed by atoms with E-state index in [0.717, 1.165) is 60.3 Å². The van der Waals surface area contributed by atoms with E-state index in [1.165, 1.54) is 19.5 Å². The first-order valence-electron chi connectivity index (χ1n) is 9.50. The number of hydrogen-bond donors (Lipinski definition) is 1. The molecule has 1 N–H and O–H groups in total. The summed E-state index contributed by atoms with van der Waals surface area (Å²) in [6.07, 6.45) is 4.04. The van der Waals surface area contributed by atoms with Crippen LogP contribution in [0.5, 0.6) is 0 Å². The Morgan fingerprint density at radius 1 is 1.23 bits per heavy atom. The van der Waals surface area contributed by atoms with Gasteiger partial charge in [0.05, 0.1) is 6.20 Å². The molecule has 3 saturated heterocycles. The summed E-state index contributed by atoms with van der Waals surface area (Å²) in [5.41, 5.74) is 1.23. The lowest BCUT2D eigenvalue weighted by Gasteiger charge is -2.30. The molecule has 1 amide bonds. The number of fused-ring (bicyclic) bond motifs is 3. The fourth-order valence-electron chi connectivity index (χ4n) is 4.42. The zero-order valence-corrected chi connectivity index (χ0v) is 15.6. The lowest BCUT2D eigenvalue weighted by atomic mass is 9.97. The summed E-state index contributed by atoms with van der Waals surface area (Å²) in [4.78, 5) is 21.7. The molecular weight excluding hydrogens is 348 g/mol. The molecule has 3 atom stereocenters. The number of thioether (sulfide) groups is 1. The highest BCUT2D eigenvalue weighted by molar-refractivity contribution is 7.99. The quantitative estimate of drug-likeness (QED) is 0.891. The maximum absolute atomic E-state index is 12.7. The van der Waals surface area contributed by atoms with E-state index in [0.29, 0.717) is 5.69 Å². The van der Waals surface area contributed by atoms with Gasteiger partial charge in [0.25, 0.3) is 5.91 Å². The number of piperidine rings is 1. The minimum absolute atomic E-state index is 0.0727. The molecule has 5 rings (SSSR count). The number of anilines is 1. The Kier molecular flexibility index (Phi) is 4.29. The molecule has 3 unspecified atom stereocenters. The van der Waals surface area contributed by atoms with Gasteiger partial charge < -0.3 is 19.5 Å². The van der Waals surface area contributed by atoms with Crippen LogP contribution in [0, 0.1) is 5.92 Å². The van der Waals surface area contributed by atoms with Gasteiger partial charge in [-0.3, -0.25) is 4.79 Å². The van der Waals surface area contributed by atoms with Gasteiger partial charge in [-0.25, -0.2) is 4.98 Å². The summed E-state index contributed by atoms with van der Waals surface area (Å²) in [7, 11) is 0. The lowest BCUT2D eigenvalue weighted by molar-refractivity contribution is 0.0904. The van der Waals surface area contributed by atoms with E-state index >= 15 is 0 Å². The third-order valence-electron chi connectivity index (χ3n) is 5.75. The van der Waals surface area contributed by atoms with Crippen LogP contribution in [0.4, 0.5) is 5.88 Å². The molecule has 3 aliphatic heterocycles. The average Bonchev–Trinajstić information content (AvgIpc) is 3.24. The third kappa shape index (κ3) is 3.18. The first kappa shape index (κ1) is 16.4. The first-order valence-corrected chi connectivity index (χ1v) is 10.7. The van der Waals surface area contributed by atoms with Crippen LogP contribution in [0.25, 0.3) is 11.0 Å². The Bertz CT molecular complexity index is 805. The fraction of sp³-hybridized carbons (Fsp3) is 0.579. The Labute approximate surface area is 157 Å². The fourth-order valence-corrected chi connectivity index (χ4v) is 5.32. The van der Waals surface area contributed by atoms with Crippen LogP contribution < -0.4 is 10.2 Å². The highest BCUT2D eigenvalue weighted by atomic mass is 32.2. The predicted octanol–water partition coefficient (Wildman–Crippen LogP) is 2.21. The number of amides is 1. The molecule has 5 heterocycles. The first-order chi connectivity index (χ1) is 12.7. The average molecular weight is 372 g/mol. The minimum atomic E-state index is -0.0727. The van der Waals surface area contributed by atoms with E-state index in [4.69, 9.17) is 4.42 Å². The summed E-state index contributed by atoms with van der Waals surface area (Å²) >= 11 is 1.98. The van der Waals surface area contributed by atoms with Crippen LogP contribution in [-0.4, -0.2) is 66.1 Å². The van der Waals surface area contributed by atoms with Gasteiger partial charge >= 0.3 is 0 Å². The Morgan fingerprint density at radius 3 is 2.96 bits per heavy atom. The van der Waals surface area contributed by atoms with Crippen LogP contribution >= 0.6 is 11.8 Å². The monoisotopic (exact) mass is 372 g/mol. The SMILES string of the molecule is O=C(NC1CC2CCN(C2)C1)c1cc2cc(N3CCSCC3)oc2cn1. The lowest BCUT2D eigenvalue weighted by Crippen LogP contribution is -2.47. The van der Waals surface area contributed by atoms with E-state index < -0.39 is 0 Å². The van der Waals surface area contributed by atoms with E-state index in [-0.39, 0.29) is 11.9 Å². The maximum Gasteiger partial charge on any atom is 0.270 e. The van der Waals surface area contributed by atoms with Crippen molar-refractivity contribution in [2.24, 2.45) is 5.92 Å². The molecule has 3 aliphatic rings. The number of rotatable bonds is 3. The Balaban J connectivity index is 1.31. The molecule has 0 aliphatic carbocycles. The largest absolute Gasteiger partial charge is 0.439 e. The van der Waals surface area contributed by atoms with Gasteiger partial charge in [0, 0.05) is 55.2 Å². The van der Waals surface area contributed by atoms with Gasteiger partial charge in [-0.2, -0.15) is 11.8 Å². The van der Waals surface area contributed by atoms with Crippen molar-refractivity contribution in [3.05, 3.63) is 24.0 Å². The number of nitrogens with one attached hydrogen (secondary N) is 1. The molecule has 0 radical (unpaired) electrons. The molecule has 0 spiro atoms. The van der Waals surface area contributed by atoms with Gasteiger partial charge in [0.2, 0.25) is 0 Å². The van der Waals surface area contributed by atoms with Crippen LogP contribution in [-0.2, 0) is 0 Å². The molecular formula is C19H24N4O2S. The predicted molar refractivity (Wildman–Crippen MR) is 104 cm³/mol. The van der Waals surface area contributed by atoms with E-state index in [2.05, 4.69) is 20.1 Å².